The Bertz CT molecular complexity index is 786. The van der Waals surface area contributed by atoms with Crippen LogP contribution >= 0.6 is 0 Å². The van der Waals surface area contributed by atoms with E-state index in [1.54, 1.807) is 0 Å². The summed E-state index contributed by atoms with van der Waals surface area (Å²) in [5.41, 5.74) is 7.11. The fraction of sp³-hybridized carbons (Fsp3) is 0.0556. The second kappa shape index (κ2) is 3.94. The zero-order valence-corrected chi connectivity index (χ0v) is 10.8. The number of esters is 1. The number of hydrogen-bond acceptors (Lipinski definition) is 2. The summed E-state index contributed by atoms with van der Waals surface area (Å²) in [5.74, 6) is 0.210. The molecule has 1 aromatic rings. The summed E-state index contributed by atoms with van der Waals surface area (Å²) in [7, 11) is 0. The van der Waals surface area contributed by atoms with Crippen molar-refractivity contribution < 1.29 is 9.53 Å². The van der Waals surface area contributed by atoms with E-state index >= 15 is 0 Å². The molecule has 0 aromatic heterocycles. The van der Waals surface area contributed by atoms with Gasteiger partial charge in [0.05, 0.1) is 0 Å². The van der Waals surface area contributed by atoms with E-state index in [0.717, 1.165) is 17.6 Å². The lowest BCUT2D eigenvalue weighted by Gasteiger charge is -2.21. The quantitative estimate of drug-likeness (QED) is 0.600. The molecular weight excluding hydrogens is 248 g/mol. The summed E-state index contributed by atoms with van der Waals surface area (Å²) in [6.07, 6.45) is 10.3. The lowest BCUT2D eigenvalue weighted by atomic mass is 9.84. The standard InChI is InChI=1S/C18H12O2/c1-2-16(19)20-15-10-13-7-3-6-12-9-11-5-4-8-14(11)18(15)17(12)13/h2-8,10H,1,9H2. The number of allylic oxidation sites excluding steroid dienone is 6. The Morgan fingerprint density at radius 1 is 1.35 bits per heavy atom. The van der Waals surface area contributed by atoms with E-state index in [2.05, 4.69) is 43.0 Å². The van der Waals surface area contributed by atoms with Gasteiger partial charge in [-0.15, -0.1) is 0 Å². The Morgan fingerprint density at radius 2 is 2.25 bits per heavy atom. The normalized spacial score (nSPS) is 17.4. The van der Waals surface area contributed by atoms with Gasteiger partial charge in [0.15, 0.2) is 0 Å². The van der Waals surface area contributed by atoms with Gasteiger partial charge in [0.25, 0.3) is 0 Å². The van der Waals surface area contributed by atoms with Crippen LogP contribution in [-0.4, -0.2) is 5.97 Å². The monoisotopic (exact) mass is 260 g/mol. The van der Waals surface area contributed by atoms with E-state index in [-0.39, 0.29) is 0 Å². The maximum atomic E-state index is 11.5. The van der Waals surface area contributed by atoms with E-state index in [4.69, 9.17) is 4.74 Å². The summed E-state index contributed by atoms with van der Waals surface area (Å²) in [4.78, 5) is 11.5. The Labute approximate surface area is 117 Å². The molecule has 3 aliphatic rings. The number of benzene rings is 1. The summed E-state index contributed by atoms with van der Waals surface area (Å²) < 4.78 is 5.43. The third-order valence-corrected chi connectivity index (χ3v) is 3.90. The van der Waals surface area contributed by atoms with Crippen molar-refractivity contribution in [3.63, 3.8) is 0 Å². The van der Waals surface area contributed by atoms with Crippen molar-refractivity contribution in [1.29, 1.82) is 0 Å². The van der Waals surface area contributed by atoms with Crippen LogP contribution in [0.3, 0.4) is 0 Å². The van der Waals surface area contributed by atoms with Crippen LogP contribution in [-0.2, 0) is 16.0 Å². The highest BCUT2D eigenvalue weighted by atomic mass is 16.5. The number of hydrogen-bond donors (Lipinski definition) is 0. The van der Waals surface area contributed by atoms with E-state index < -0.39 is 5.97 Å². The average Bonchev–Trinajstić information content (AvgIpc) is 3.04. The van der Waals surface area contributed by atoms with E-state index in [0.29, 0.717) is 5.76 Å². The summed E-state index contributed by atoms with van der Waals surface area (Å²) in [6, 6.07) is 6.25. The van der Waals surface area contributed by atoms with Crippen LogP contribution in [0, 0.1) is 0 Å². The number of carbonyl (C=O) groups excluding carboxylic acids is 1. The highest BCUT2D eigenvalue weighted by Crippen LogP contribution is 2.47. The predicted molar refractivity (Wildman–Crippen MR) is 78.6 cm³/mol. The minimum Gasteiger partial charge on any atom is -0.423 e. The molecule has 3 aliphatic carbocycles. The molecule has 0 saturated carbocycles. The van der Waals surface area contributed by atoms with Crippen LogP contribution in [0.15, 0.2) is 66.0 Å². The van der Waals surface area contributed by atoms with Gasteiger partial charge in [-0.25, -0.2) is 4.79 Å². The fourth-order valence-corrected chi connectivity index (χ4v) is 3.09. The SMILES string of the molecule is C=CC(=O)OC1=Cc2cccc3c2C1=C1C=CC=C1C3. The van der Waals surface area contributed by atoms with Crippen molar-refractivity contribution in [2.75, 3.05) is 0 Å². The molecular formula is C18H12O2. The molecule has 0 N–H and O–H groups in total. The molecule has 0 spiro atoms. The topological polar surface area (TPSA) is 26.3 Å². The first-order chi connectivity index (χ1) is 9.78. The largest absolute Gasteiger partial charge is 0.423 e. The lowest BCUT2D eigenvalue weighted by Crippen LogP contribution is -2.08. The van der Waals surface area contributed by atoms with Gasteiger partial charge in [0, 0.05) is 11.6 Å². The molecule has 0 fully saturated rings. The number of carbonyl (C=O) groups is 1. The van der Waals surface area contributed by atoms with Crippen LogP contribution in [0.1, 0.15) is 16.7 Å². The molecule has 0 amide bonds. The van der Waals surface area contributed by atoms with Crippen LogP contribution in [0.4, 0.5) is 0 Å². The van der Waals surface area contributed by atoms with Gasteiger partial charge in [0.2, 0.25) is 0 Å². The van der Waals surface area contributed by atoms with Crippen LogP contribution in [0.25, 0.3) is 11.6 Å². The zero-order valence-electron chi connectivity index (χ0n) is 10.8. The molecule has 0 radical (unpaired) electrons. The van der Waals surface area contributed by atoms with Gasteiger partial charge in [0.1, 0.15) is 5.76 Å². The van der Waals surface area contributed by atoms with E-state index in [9.17, 15) is 4.79 Å². The molecule has 0 heterocycles. The first-order valence-electron chi connectivity index (χ1n) is 6.58. The predicted octanol–water partition coefficient (Wildman–Crippen LogP) is 3.58. The van der Waals surface area contributed by atoms with Crippen molar-refractivity contribution in [3.05, 3.63) is 82.7 Å². The van der Waals surface area contributed by atoms with Crippen molar-refractivity contribution in [2.24, 2.45) is 0 Å². The van der Waals surface area contributed by atoms with E-state index in [1.165, 1.54) is 28.3 Å². The lowest BCUT2D eigenvalue weighted by molar-refractivity contribution is -0.133. The van der Waals surface area contributed by atoms with Crippen molar-refractivity contribution in [1.82, 2.24) is 0 Å². The molecule has 0 unspecified atom stereocenters. The molecule has 1 aromatic carbocycles. The molecule has 2 nitrogen and oxygen atoms in total. The summed E-state index contributed by atoms with van der Waals surface area (Å²) >= 11 is 0. The van der Waals surface area contributed by atoms with Gasteiger partial charge in [-0.2, -0.15) is 0 Å². The number of rotatable bonds is 2. The van der Waals surface area contributed by atoms with Gasteiger partial charge in [-0.3, -0.25) is 0 Å². The van der Waals surface area contributed by atoms with Crippen molar-refractivity contribution in [3.8, 4) is 0 Å². The van der Waals surface area contributed by atoms with Gasteiger partial charge >= 0.3 is 5.97 Å². The number of fused-ring (bicyclic) bond motifs is 1. The molecule has 0 atom stereocenters. The molecule has 0 saturated heterocycles. The molecule has 0 bridgehead atoms. The Morgan fingerprint density at radius 3 is 3.10 bits per heavy atom. The smallest absolute Gasteiger partial charge is 0.335 e. The second-order valence-corrected chi connectivity index (χ2v) is 5.03. The van der Waals surface area contributed by atoms with Crippen molar-refractivity contribution in [2.45, 2.75) is 6.42 Å². The summed E-state index contributed by atoms with van der Waals surface area (Å²) in [6.45, 7) is 3.46. The molecule has 96 valence electrons. The first-order valence-corrected chi connectivity index (χ1v) is 6.58. The molecule has 20 heavy (non-hydrogen) atoms. The maximum absolute atomic E-state index is 11.5. The second-order valence-electron chi connectivity index (χ2n) is 5.03. The van der Waals surface area contributed by atoms with Crippen LogP contribution in [0.5, 0.6) is 0 Å². The maximum Gasteiger partial charge on any atom is 0.335 e. The number of ether oxygens (including phenoxy) is 1. The fourth-order valence-electron chi connectivity index (χ4n) is 3.09. The van der Waals surface area contributed by atoms with Gasteiger partial charge in [-0.1, -0.05) is 43.0 Å². The Balaban J connectivity index is 1.94. The molecule has 0 aliphatic heterocycles. The average molecular weight is 260 g/mol. The third-order valence-electron chi connectivity index (χ3n) is 3.90. The molecule has 2 heteroatoms. The van der Waals surface area contributed by atoms with Gasteiger partial charge in [-0.05, 0) is 40.3 Å². The summed E-state index contributed by atoms with van der Waals surface area (Å²) in [5, 5.41) is 0. The van der Waals surface area contributed by atoms with E-state index in [1.807, 2.05) is 6.08 Å². The Hall–Kier alpha value is -2.61. The van der Waals surface area contributed by atoms with Gasteiger partial charge < -0.3 is 4.74 Å². The minimum absolute atomic E-state index is 0.420. The Kier molecular flexibility index (Phi) is 2.21. The molecule has 4 rings (SSSR count). The highest BCUT2D eigenvalue weighted by Gasteiger charge is 2.32. The third kappa shape index (κ3) is 1.42. The van der Waals surface area contributed by atoms with Crippen LogP contribution in [0.2, 0.25) is 0 Å². The minimum atomic E-state index is -0.420. The van der Waals surface area contributed by atoms with Crippen molar-refractivity contribution >= 4 is 17.6 Å². The highest BCUT2D eigenvalue weighted by molar-refractivity contribution is 6.01. The zero-order chi connectivity index (χ0) is 13.7. The van der Waals surface area contributed by atoms with Crippen LogP contribution < -0.4 is 0 Å². The first kappa shape index (κ1) is 11.2.